The minimum atomic E-state index is -1.02. The molecule has 0 saturated heterocycles. The van der Waals surface area contributed by atoms with Gasteiger partial charge in [0.05, 0.1) is 5.54 Å². The van der Waals surface area contributed by atoms with Gasteiger partial charge in [-0.05, 0) is 42.7 Å². The third-order valence-corrected chi connectivity index (χ3v) is 3.47. The van der Waals surface area contributed by atoms with Crippen LogP contribution in [0.3, 0.4) is 0 Å². The van der Waals surface area contributed by atoms with Gasteiger partial charge in [-0.2, -0.15) is 0 Å². The summed E-state index contributed by atoms with van der Waals surface area (Å²) in [4.78, 5) is 0. The molecule has 1 nitrogen and oxygen atoms in total. The zero-order valence-electron chi connectivity index (χ0n) is 11.1. The van der Waals surface area contributed by atoms with Gasteiger partial charge in [0.15, 0.2) is 0 Å². The lowest BCUT2D eigenvalue weighted by Crippen LogP contribution is -2.38. The van der Waals surface area contributed by atoms with Gasteiger partial charge in [0.2, 0.25) is 0 Å². The highest BCUT2D eigenvalue weighted by atomic mass is 19.1. The molecule has 19 heavy (non-hydrogen) atoms. The Kier molecular flexibility index (Phi) is 3.67. The molecule has 0 aliphatic heterocycles. The first-order valence-corrected chi connectivity index (χ1v) is 6.29. The summed E-state index contributed by atoms with van der Waals surface area (Å²) >= 11 is 0. The Morgan fingerprint density at radius 2 is 1.79 bits per heavy atom. The van der Waals surface area contributed by atoms with Crippen LogP contribution >= 0.6 is 0 Å². The molecule has 1 atom stereocenters. The van der Waals surface area contributed by atoms with Gasteiger partial charge in [-0.25, -0.2) is 8.78 Å². The van der Waals surface area contributed by atoms with Crippen molar-refractivity contribution in [2.45, 2.75) is 25.8 Å². The summed E-state index contributed by atoms with van der Waals surface area (Å²) in [7, 11) is 0. The van der Waals surface area contributed by atoms with E-state index in [-0.39, 0.29) is 11.6 Å². The van der Waals surface area contributed by atoms with Gasteiger partial charge in [0.1, 0.15) is 11.6 Å². The molecule has 0 amide bonds. The number of rotatable bonds is 3. The van der Waals surface area contributed by atoms with Crippen LogP contribution < -0.4 is 5.73 Å². The molecule has 2 aromatic rings. The summed E-state index contributed by atoms with van der Waals surface area (Å²) in [6, 6.07) is 11.0. The maximum absolute atomic E-state index is 14.0. The van der Waals surface area contributed by atoms with Crippen molar-refractivity contribution >= 4 is 0 Å². The van der Waals surface area contributed by atoms with Gasteiger partial charge >= 0.3 is 0 Å². The average Bonchev–Trinajstić information content (AvgIpc) is 2.37. The SMILES string of the molecule is CCC(N)(c1cc(C)cc(F)c1)c1ccccc1F. The minimum absolute atomic E-state index is 0.352. The molecule has 0 fully saturated rings. The molecule has 2 rings (SSSR count). The predicted molar refractivity (Wildman–Crippen MR) is 72.8 cm³/mol. The van der Waals surface area contributed by atoms with E-state index >= 15 is 0 Å². The Morgan fingerprint density at radius 3 is 2.37 bits per heavy atom. The second-order valence-electron chi connectivity index (χ2n) is 4.82. The lowest BCUT2D eigenvalue weighted by molar-refractivity contribution is 0.475. The molecule has 0 radical (unpaired) electrons. The number of hydrogen-bond donors (Lipinski definition) is 1. The third-order valence-electron chi connectivity index (χ3n) is 3.47. The molecule has 2 N–H and O–H groups in total. The van der Waals surface area contributed by atoms with E-state index in [9.17, 15) is 8.78 Å². The zero-order valence-corrected chi connectivity index (χ0v) is 11.1. The van der Waals surface area contributed by atoms with Crippen LogP contribution in [0, 0.1) is 18.6 Å². The standard InChI is InChI=1S/C16H17F2N/c1-3-16(19,14-6-4-5-7-15(14)18)12-8-11(2)9-13(17)10-12/h4-10H,3,19H2,1-2H3. The average molecular weight is 261 g/mol. The maximum Gasteiger partial charge on any atom is 0.128 e. The summed E-state index contributed by atoms with van der Waals surface area (Å²) in [5, 5.41) is 0. The van der Waals surface area contributed by atoms with E-state index in [2.05, 4.69) is 0 Å². The minimum Gasteiger partial charge on any atom is -0.318 e. The van der Waals surface area contributed by atoms with Crippen LogP contribution in [0.25, 0.3) is 0 Å². The normalized spacial score (nSPS) is 14.2. The van der Waals surface area contributed by atoms with Crippen LogP contribution in [0.2, 0.25) is 0 Å². The van der Waals surface area contributed by atoms with E-state index in [1.165, 1.54) is 18.2 Å². The number of nitrogens with two attached hydrogens (primary N) is 1. The van der Waals surface area contributed by atoms with Crippen molar-refractivity contribution < 1.29 is 8.78 Å². The highest BCUT2D eigenvalue weighted by Crippen LogP contribution is 2.32. The van der Waals surface area contributed by atoms with Crippen LogP contribution in [0.1, 0.15) is 30.0 Å². The molecule has 100 valence electrons. The smallest absolute Gasteiger partial charge is 0.128 e. The summed E-state index contributed by atoms with van der Waals surface area (Å²) in [5.74, 6) is -0.719. The molecule has 0 aliphatic carbocycles. The number of aryl methyl sites for hydroxylation is 1. The molecule has 0 aliphatic rings. The zero-order chi connectivity index (χ0) is 14.0. The largest absolute Gasteiger partial charge is 0.318 e. The van der Waals surface area contributed by atoms with Gasteiger partial charge < -0.3 is 5.73 Å². The van der Waals surface area contributed by atoms with Crippen molar-refractivity contribution in [3.05, 3.63) is 70.8 Å². The highest BCUT2D eigenvalue weighted by molar-refractivity contribution is 5.40. The second-order valence-corrected chi connectivity index (χ2v) is 4.82. The molecular formula is C16H17F2N. The summed E-state index contributed by atoms with van der Waals surface area (Å²) < 4.78 is 27.5. The number of hydrogen-bond acceptors (Lipinski definition) is 1. The second kappa shape index (κ2) is 5.10. The lowest BCUT2D eigenvalue weighted by atomic mass is 9.81. The third kappa shape index (κ3) is 2.51. The summed E-state index contributed by atoms with van der Waals surface area (Å²) in [5.41, 5.74) is 7.12. The van der Waals surface area contributed by atoms with E-state index in [0.29, 0.717) is 17.5 Å². The van der Waals surface area contributed by atoms with Crippen molar-refractivity contribution in [3.8, 4) is 0 Å². The van der Waals surface area contributed by atoms with Crippen molar-refractivity contribution in [2.75, 3.05) is 0 Å². The van der Waals surface area contributed by atoms with E-state index in [1.807, 2.05) is 6.92 Å². The topological polar surface area (TPSA) is 26.0 Å². The van der Waals surface area contributed by atoms with E-state index in [0.717, 1.165) is 5.56 Å². The maximum atomic E-state index is 14.0. The van der Waals surface area contributed by atoms with Gasteiger partial charge in [-0.1, -0.05) is 31.2 Å². The monoisotopic (exact) mass is 261 g/mol. The molecule has 2 aromatic carbocycles. The van der Waals surface area contributed by atoms with Crippen molar-refractivity contribution in [1.82, 2.24) is 0 Å². The summed E-state index contributed by atoms with van der Waals surface area (Å²) in [6.07, 6.45) is 0.483. The van der Waals surface area contributed by atoms with E-state index in [4.69, 9.17) is 5.73 Å². The first kappa shape index (κ1) is 13.7. The molecule has 3 heteroatoms. The molecular weight excluding hydrogens is 244 g/mol. The molecule has 1 unspecified atom stereocenters. The Hall–Kier alpha value is -1.74. The van der Waals surface area contributed by atoms with Gasteiger partial charge in [-0.3, -0.25) is 0 Å². The Bertz CT molecular complexity index is 575. The first-order chi connectivity index (χ1) is 8.97. The van der Waals surface area contributed by atoms with Crippen LogP contribution in [-0.4, -0.2) is 0 Å². The fraction of sp³-hybridized carbons (Fsp3) is 0.250. The predicted octanol–water partition coefficient (Wildman–Crippen LogP) is 3.89. The summed E-state index contributed by atoms with van der Waals surface area (Å²) in [6.45, 7) is 3.66. The molecule has 0 aromatic heterocycles. The lowest BCUT2D eigenvalue weighted by Gasteiger charge is -2.30. The molecule has 0 saturated carbocycles. The van der Waals surface area contributed by atoms with Crippen LogP contribution in [0.15, 0.2) is 42.5 Å². The van der Waals surface area contributed by atoms with Gasteiger partial charge in [-0.15, -0.1) is 0 Å². The van der Waals surface area contributed by atoms with Crippen LogP contribution in [-0.2, 0) is 5.54 Å². The van der Waals surface area contributed by atoms with Gasteiger partial charge in [0.25, 0.3) is 0 Å². The van der Waals surface area contributed by atoms with Crippen molar-refractivity contribution in [1.29, 1.82) is 0 Å². The van der Waals surface area contributed by atoms with Crippen molar-refractivity contribution in [2.24, 2.45) is 5.73 Å². The number of halogens is 2. The Morgan fingerprint density at radius 1 is 1.11 bits per heavy atom. The van der Waals surface area contributed by atoms with Crippen molar-refractivity contribution in [3.63, 3.8) is 0 Å². The molecule has 0 bridgehead atoms. The first-order valence-electron chi connectivity index (χ1n) is 6.29. The Balaban J connectivity index is 2.63. The Labute approximate surface area is 112 Å². The fourth-order valence-corrected chi connectivity index (χ4v) is 2.37. The highest BCUT2D eigenvalue weighted by Gasteiger charge is 2.30. The molecule has 0 heterocycles. The molecule has 0 spiro atoms. The quantitative estimate of drug-likeness (QED) is 0.891. The van der Waals surface area contributed by atoms with E-state index in [1.54, 1.807) is 31.2 Å². The van der Waals surface area contributed by atoms with E-state index < -0.39 is 5.54 Å². The van der Waals surface area contributed by atoms with Crippen LogP contribution in [0.4, 0.5) is 8.78 Å². The fourth-order valence-electron chi connectivity index (χ4n) is 2.37. The van der Waals surface area contributed by atoms with Gasteiger partial charge in [0, 0.05) is 5.56 Å². The number of benzene rings is 2. The van der Waals surface area contributed by atoms with Crippen LogP contribution in [0.5, 0.6) is 0 Å².